The molecule has 1 heterocycles. The second kappa shape index (κ2) is 3.02. The summed E-state index contributed by atoms with van der Waals surface area (Å²) in [6.45, 7) is 1.88. The average Bonchev–Trinajstić information content (AvgIpc) is 1.85. The summed E-state index contributed by atoms with van der Waals surface area (Å²) in [4.78, 5) is 0. The molecule has 3 nitrogen and oxygen atoms in total. The molecule has 0 atom stereocenters. The van der Waals surface area contributed by atoms with Crippen LogP contribution in [0.15, 0.2) is 0 Å². The fourth-order valence-electron chi connectivity index (χ4n) is 0.562. The Hall–Kier alpha value is -0.302. The zero-order valence-corrected chi connectivity index (χ0v) is 8.31. The van der Waals surface area contributed by atoms with Crippen LogP contribution in [-0.4, -0.2) is 9.78 Å². The van der Waals surface area contributed by atoms with Crippen LogP contribution in [0.3, 0.4) is 0 Å². The second-order valence-electron chi connectivity index (χ2n) is 1.75. The van der Waals surface area contributed by atoms with Crippen LogP contribution in [-0.2, 0) is 28.1 Å². The first kappa shape index (κ1) is 8.70. The Labute approximate surface area is 68.5 Å². The summed E-state index contributed by atoms with van der Waals surface area (Å²) < 4.78 is 1.57. The van der Waals surface area contributed by atoms with Gasteiger partial charge >= 0.3 is 0 Å². The first-order chi connectivity index (χ1) is 3.70. The van der Waals surface area contributed by atoms with E-state index in [2.05, 4.69) is 11.3 Å². The minimum Gasteiger partial charge on any atom is -0.459 e. The van der Waals surface area contributed by atoms with E-state index in [9.17, 15) is 0 Å². The molecule has 0 amide bonds. The molecule has 0 saturated heterocycles. The maximum Gasteiger partial charge on any atom is 0.00783 e. The maximum atomic E-state index is 5.38. The molecule has 0 radical (unpaired) electrons. The number of nitrogens with two attached hydrogens (primary N) is 1. The van der Waals surface area contributed by atoms with Gasteiger partial charge in [0.15, 0.2) is 0 Å². The van der Waals surface area contributed by atoms with E-state index in [0.29, 0.717) is 5.82 Å². The molecule has 0 aliphatic heterocycles. The third kappa shape index (κ3) is 1.83. The molecule has 0 unspecified atom stereocenters. The molecule has 0 aliphatic rings. The van der Waals surface area contributed by atoms with Crippen LogP contribution in [0.25, 0.3) is 0 Å². The van der Waals surface area contributed by atoms with Crippen molar-refractivity contribution in [3.63, 3.8) is 0 Å². The van der Waals surface area contributed by atoms with Crippen LogP contribution < -0.4 is 5.73 Å². The monoisotopic (exact) mass is 294 g/mol. The fraction of sp³-hybridized carbons (Fsp3) is 0.400. The summed E-state index contributed by atoms with van der Waals surface area (Å²) in [5, 5.41) is 3.85. The molecular weight excluding hydrogens is 286 g/mol. The van der Waals surface area contributed by atoms with Gasteiger partial charge < -0.3 is 10.4 Å². The maximum absolute atomic E-state index is 5.38. The van der Waals surface area contributed by atoms with Crippen molar-refractivity contribution in [3.8, 4) is 0 Å². The molecule has 1 rings (SSSR count). The third-order valence-corrected chi connectivity index (χ3v) is 0.971. The van der Waals surface area contributed by atoms with Gasteiger partial charge in [-0.3, -0.25) is 5.10 Å². The van der Waals surface area contributed by atoms with Gasteiger partial charge in [0.2, 0.25) is 0 Å². The van der Waals surface area contributed by atoms with Crippen molar-refractivity contribution in [2.75, 3.05) is 5.73 Å². The average molecular weight is 294 g/mol. The largest absolute Gasteiger partial charge is 0.459 e. The molecule has 0 fully saturated rings. The fourth-order valence-corrected chi connectivity index (χ4v) is 0.562. The number of anilines is 1. The van der Waals surface area contributed by atoms with Gasteiger partial charge in [0.1, 0.15) is 0 Å². The Bertz CT molecular complexity index is 175. The number of nitrogen functional groups attached to an aromatic ring is 1. The number of rotatable bonds is 0. The van der Waals surface area contributed by atoms with Gasteiger partial charge in [-0.25, -0.2) is 0 Å². The van der Waals surface area contributed by atoms with E-state index in [1.54, 1.807) is 11.7 Å². The van der Waals surface area contributed by atoms with Crippen molar-refractivity contribution in [3.05, 3.63) is 11.8 Å². The standard InChI is InChI=1S/C5H8N3.W/c1-4-3-8(2)7-5(4)6;/h1-2H3,(H2,6,7);/q-1;. The Kier molecular flexibility index (Phi) is 2.92. The van der Waals surface area contributed by atoms with E-state index >= 15 is 0 Å². The Morgan fingerprint density at radius 1 is 1.67 bits per heavy atom. The van der Waals surface area contributed by atoms with Gasteiger partial charge in [-0.15, -0.1) is 6.20 Å². The van der Waals surface area contributed by atoms with Crippen molar-refractivity contribution in [2.24, 2.45) is 7.05 Å². The van der Waals surface area contributed by atoms with Crippen molar-refractivity contribution >= 4 is 5.82 Å². The van der Waals surface area contributed by atoms with Crippen molar-refractivity contribution in [1.29, 1.82) is 0 Å². The van der Waals surface area contributed by atoms with E-state index in [4.69, 9.17) is 5.73 Å². The normalized spacial score (nSPS) is 8.67. The smallest absolute Gasteiger partial charge is 0.00783 e. The number of aromatic nitrogens is 2. The third-order valence-electron chi connectivity index (χ3n) is 0.971. The molecule has 0 bridgehead atoms. The minimum absolute atomic E-state index is 0. The summed E-state index contributed by atoms with van der Waals surface area (Å²) >= 11 is 0. The molecule has 1 aromatic heterocycles. The Morgan fingerprint density at radius 3 is 2.33 bits per heavy atom. The molecule has 0 aromatic carbocycles. The van der Waals surface area contributed by atoms with Crippen LogP contribution in [0.4, 0.5) is 5.82 Å². The van der Waals surface area contributed by atoms with Gasteiger partial charge in [-0.1, -0.05) is 6.92 Å². The van der Waals surface area contributed by atoms with Crippen LogP contribution in [0.2, 0.25) is 0 Å². The molecular formula is C5H8N3W-. The van der Waals surface area contributed by atoms with Gasteiger partial charge in [-0.05, 0) is 5.82 Å². The molecule has 2 N–H and O–H groups in total. The van der Waals surface area contributed by atoms with E-state index < -0.39 is 0 Å². The number of aryl methyl sites for hydroxylation is 2. The summed E-state index contributed by atoms with van der Waals surface area (Å²) in [6.07, 6.45) is 2.89. The molecule has 50 valence electrons. The SMILES string of the molecule is Cc1[c-]n(C)nc1N.[W]. The molecule has 4 heteroatoms. The zero-order valence-electron chi connectivity index (χ0n) is 5.38. The van der Waals surface area contributed by atoms with E-state index in [0.717, 1.165) is 5.56 Å². The number of nitrogens with zero attached hydrogens (tertiary/aromatic N) is 2. The van der Waals surface area contributed by atoms with Crippen LogP contribution in [0, 0.1) is 13.1 Å². The van der Waals surface area contributed by atoms with Crippen molar-refractivity contribution < 1.29 is 21.1 Å². The van der Waals surface area contributed by atoms with Gasteiger partial charge in [0.25, 0.3) is 0 Å². The predicted octanol–water partition coefficient (Wildman–Crippen LogP) is 0.108. The molecule has 0 aliphatic carbocycles. The Balaban J connectivity index is 0.000000640. The molecule has 9 heavy (non-hydrogen) atoms. The summed E-state index contributed by atoms with van der Waals surface area (Å²) in [5.74, 6) is 0.563. The van der Waals surface area contributed by atoms with Crippen LogP contribution in [0.1, 0.15) is 5.56 Å². The quantitative estimate of drug-likeness (QED) is 0.690. The van der Waals surface area contributed by atoms with E-state index in [1.165, 1.54) is 0 Å². The van der Waals surface area contributed by atoms with Gasteiger partial charge in [0, 0.05) is 28.1 Å². The first-order valence-electron chi connectivity index (χ1n) is 2.38. The first-order valence-corrected chi connectivity index (χ1v) is 2.38. The van der Waals surface area contributed by atoms with E-state index in [1.807, 2.05) is 6.92 Å². The van der Waals surface area contributed by atoms with Crippen molar-refractivity contribution in [1.82, 2.24) is 9.78 Å². The molecule has 0 saturated carbocycles. The summed E-state index contributed by atoms with van der Waals surface area (Å²) in [5.41, 5.74) is 6.29. The zero-order chi connectivity index (χ0) is 6.15. The van der Waals surface area contributed by atoms with Crippen molar-refractivity contribution in [2.45, 2.75) is 6.92 Å². The number of hydrogen-bond donors (Lipinski definition) is 1. The second-order valence-corrected chi connectivity index (χ2v) is 1.75. The summed E-state index contributed by atoms with van der Waals surface area (Å²) in [6, 6.07) is 0. The van der Waals surface area contributed by atoms with Crippen LogP contribution >= 0.6 is 0 Å². The topological polar surface area (TPSA) is 43.8 Å². The minimum atomic E-state index is 0. The predicted molar refractivity (Wildman–Crippen MR) is 31.2 cm³/mol. The molecule has 0 spiro atoms. The number of hydrogen-bond acceptors (Lipinski definition) is 2. The van der Waals surface area contributed by atoms with Gasteiger partial charge in [-0.2, -0.15) is 5.56 Å². The van der Waals surface area contributed by atoms with Gasteiger partial charge in [0.05, 0.1) is 0 Å². The van der Waals surface area contributed by atoms with Crippen LogP contribution in [0.5, 0.6) is 0 Å². The summed E-state index contributed by atoms with van der Waals surface area (Å²) in [7, 11) is 1.80. The van der Waals surface area contributed by atoms with E-state index in [-0.39, 0.29) is 21.1 Å². The molecule has 1 aromatic rings. The Morgan fingerprint density at radius 2 is 2.22 bits per heavy atom.